The van der Waals surface area contributed by atoms with Crippen LogP contribution in [0.5, 0.6) is 0 Å². The topological polar surface area (TPSA) is 50.7 Å². The van der Waals surface area contributed by atoms with Crippen molar-refractivity contribution in [3.63, 3.8) is 0 Å². The number of amides is 1. The van der Waals surface area contributed by atoms with Gasteiger partial charge in [-0.2, -0.15) is 0 Å². The zero-order valence-electron chi connectivity index (χ0n) is 12.8. The molecule has 1 aliphatic rings. The van der Waals surface area contributed by atoms with E-state index in [0.29, 0.717) is 6.42 Å². The minimum absolute atomic E-state index is 0.167. The average molecular weight is 373 g/mol. The van der Waals surface area contributed by atoms with Crippen molar-refractivity contribution in [2.45, 2.75) is 25.9 Å². The highest BCUT2D eigenvalue weighted by atomic mass is 79.9. The van der Waals surface area contributed by atoms with Crippen molar-refractivity contribution in [3.8, 4) is 0 Å². The second kappa shape index (κ2) is 6.96. The molecule has 0 spiro atoms. The van der Waals surface area contributed by atoms with Crippen LogP contribution in [0.1, 0.15) is 24.5 Å². The minimum Gasteiger partial charge on any atom is -0.382 e. The molecule has 0 saturated carbocycles. The summed E-state index contributed by atoms with van der Waals surface area (Å²) in [5.74, 6) is -0.167. The maximum atomic E-state index is 12.4. The summed E-state index contributed by atoms with van der Waals surface area (Å²) in [6.45, 7) is 2.06. The van der Waals surface area contributed by atoms with Crippen LogP contribution in [0, 0.1) is 0 Å². The highest BCUT2D eigenvalue weighted by Gasteiger charge is 2.29. The highest BCUT2D eigenvalue weighted by molar-refractivity contribution is 9.10. The number of rotatable bonds is 4. The summed E-state index contributed by atoms with van der Waals surface area (Å²) in [5, 5.41) is 7.01. The lowest BCUT2D eigenvalue weighted by Gasteiger charge is -2.12. The summed E-state index contributed by atoms with van der Waals surface area (Å²) in [6.07, 6.45) is 0.743. The number of nitrogens with one attached hydrogen (secondary N) is 1. The third-order valence-electron chi connectivity index (χ3n) is 3.78. The van der Waals surface area contributed by atoms with Crippen LogP contribution >= 0.6 is 15.9 Å². The zero-order valence-corrected chi connectivity index (χ0v) is 14.3. The fraction of sp³-hybridized carbons (Fsp3) is 0.222. The smallest absolute Gasteiger partial charge is 0.268 e. The fourth-order valence-corrected chi connectivity index (χ4v) is 2.92. The number of nitrogens with zero attached hydrogens (tertiary/aromatic N) is 1. The van der Waals surface area contributed by atoms with Crippen LogP contribution in [0.15, 0.2) is 58.2 Å². The van der Waals surface area contributed by atoms with Crippen molar-refractivity contribution in [2.24, 2.45) is 5.16 Å². The van der Waals surface area contributed by atoms with Gasteiger partial charge >= 0.3 is 0 Å². The summed E-state index contributed by atoms with van der Waals surface area (Å²) < 4.78 is 0.975. The Morgan fingerprint density at radius 3 is 2.91 bits per heavy atom. The molecule has 0 bridgehead atoms. The molecule has 1 atom stereocenters. The zero-order chi connectivity index (χ0) is 16.2. The van der Waals surface area contributed by atoms with Gasteiger partial charge in [-0.15, -0.1) is 0 Å². The molecule has 23 heavy (non-hydrogen) atoms. The van der Waals surface area contributed by atoms with Crippen LogP contribution < -0.4 is 5.32 Å². The van der Waals surface area contributed by atoms with Crippen LogP contribution in [-0.4, -0.2) is 17.7 Å². The monoisotopic (exact) mass is 372 g/mol. The van der Waals surface area contributed by atoms with E-state index in [1.54, 1.807) is 0 Å². The van der Waals surface area contributed by atoms with E-state index in [1.165, 1.54) is 0 Å². The van der Waals surface area contributed by atoms with Crippen LogP contribution in [0.25, 0.3) is 0 Å². The van der Waals surface area contributed by atoms with E-state index in [4.69, 9.17) is 4.84 Å². The van der Waals surface area contributed by atoms with Gasteiger partial charge in [-0.05, 0) is 30.2 Å². The molecular weight excluding hydrogens is 356 g/mol. The fourth-order valence-electron chi connectivity index (χ4n) is 2.52. The number of carbonyl (C=O) groups is 1. The number of halogens is 1. The minimum atomic E-state index is -0.589. The summed E-state index contributed by atoms with van der Waals surface area (Å²) in [4.78, 5) is 17.7. The Hall–Kier alpha value is -2.14. The number of benzene rings is 2. The maximum absolute atomic E-state index is 12.4. The first kappa shape index (κ1) is 15.7. The number of oxime groups is 1. The SMILES string of the molecule is CCc1ccccc1NC(=O)[C@@H]1CC(c2cccc(Br)c2)=NO1. The van der Waals surface area contributed by atoms with E-state index < -0.39 is 6.10 Å². The van der Waals surface area contributed by atoms with Gasteiger partial charge in [-0.1, -0.05) is 58.3 Å². The number of aryl methyl sites for hydroxylation is 1. The molecule has 0 aliphatic carbocycles. The number of carbonyl (C=O) groups excluding carboxylic acids is 1. The van der Waals surface area contributed by atoms with Crippen molar-refractivity contribution >= 4 is 33.2 Å². The molecule has 2 aromatic rings. The quantitative estimate of drug-likeness (QED) is 0.876. The van der Waals surface area contributed by atoms with Crippen LogP contribution in [0.3, 0.4) is 0 Å². The molecule has 4 nitrogen and oxygen atoms in total. The van der Waals surface area contributed by atoms with Gasteiger partial charge in [0.2, 0.25) is 6.10 Å². The van der Waals surface area contributed by atoms with E-state index in [2.05, 4.69) is 33.3 Å². The molecule has 1 heterocycles. The Labute approximate surface area is 143 Å². The molecule has 3 rings (SSSR count). The number of anilines is 1. The molecule has 0 unspecified atom stereocenters. The molecule has 1 aliphatic heterocycles. The van der Waals surface area contributed by atoms with Gasteiger partial charge in [-0.3, -0.25) is 4.79 Å². The van der Waals surface area contributed by atoms with Gasteiger partial charge in [0, 0.05) is 22.1 Å². The number of hydrogen-bond acceptors (Lipinski definition) is 3. The van der Waals surface area contributed by atoms with E-state index in [9.17, 15) is 4.79 Å². The summed E-state index contributed by atoms with van der Waals surface area (Å²) in [5.41, 5.74) is 3.69. The lowest BCUT2D eigenvalue weighted by molar-refractivity contribution is -0.125. The molecule has 5 heteroatoms. The molecule has 118 valence electrons. The molecule has 0 saturated heterocycles. The molecule has 0 radical (unpaired) electrons. The predicted octanol–water partition coefficient (Wildman–Crippen LogP) is 4.14. The molecular formula is C18H17BrN2O2. The van der Waals surface area contributed by atoms with Crippen molar-refractivity contribution < 1.29 is 9.63 Å². The van der Waals surface area contributed by atoms with Crippen LogP contribution in [-0.2, 0) is 16.1 Å². The summed E-state index contributed by atoms with van der Waals surface area (Å²) in [6, 6.07) is 15.6. The van der Waals surface area contributed by atoms with Crippen molar-refractivity contribution in [3.05, 3.63) is 64.1 Å². The third kappa shape index (κ3) is 3.62. The van der Waals surface area contributed by atoms with Crippen molar-refractivity contribution in [1.29, 1.82) is 0 Å². The van der Waals surface area contributed by atoms with E-state index in [0.717, 1.165) is 33.4 Å². The number of para-hydroxylation sites is 1. The maximum Gasteiger partial charge on any atom is 0.268 e. The molecule has 1 amide bonds. The standard InChI is InChI=1S/C18H17BrN2O2/c1-2-12-6-3-4-9-15(12)20-18(22)17-11-16(21-23-17)13-7-5-8-14(19)10-13/h3-10,17H,2,11H2,1H3,(H,20,22)/t17-/m0/s1. The Balaban J connectivity index is 1.67. The predicted molar refractivity (Wildman–Crippen MR) is 94.6 cm³/mol. The first-order valence-electron chi connectivity index (χ1n) is 7.54. The second-order valence-electron chi connectivity index (χ2n) is 5.35. The molecule has 0 aromatic heterocycles. The lowest BCUT2D eigenvalue weighted by atomic mass is 10.0. The van der Waals surface area contributed by atoms with Gasteiger partial charge in [0.15, 0.2) is 0 Å². The van der Waals surface area contributed by atoms with Gasteiger partial charge < -0.3 is 10.2 Å². The summed E-state index contributed by atoms with van der Waals surface area (Å²) >= 11 is 3.44. The van der Waals surface area contributed by atoms with Crippen molar-refractivity contribution in [2.75, 3.05) is 5.32 Å². The normalized spacial score (nSPS) is 16.6. The number of hydrogen-bond donors (Lipinski definition) is 1. The van der Waals surface area contributed by atoms with E-state index >= 15 is 0 Å². The first-order valence-corrected chi connectivity index (χ1v) is 8.34. The highest BCUT2D eigenvalue weighted by Crippen LogP contribution is 2.22. The van der Waals surface area contributed by atoms with E-state index in [1.807, 2.05) is 48.5 Å². The first-order chi connectivity index (χ1) is 11.2. The van der Waals surface area contributed by atoms with Crippen LogP contribution in [0.2, 0.25) is 0 Å². The average Bonchev–Trinajstić information content (AvgIpc) is 3.05. The van der Waals surface area contributed by atoms with Crippen molar-refractivity contribution in [1.82, 2.24) is 0 Å². The van der Waals surface area contributed by atoms with Gasteiger partial charge in [0.05, 0.1) is 5.71 Å². The van der Waals surface area contributed by atoms with Gasteiger partial charge in [0.25, 0.3) is 5.91 Å². The van der Waals surface area contributed by atoms with Gasteiger partial charge in [-0.25, -0.2) is 0 Å². The summed E-state index contributed by atoms with van der Waals surface area (Å²) in [7, 11) is 0. The van der Waals surface area contributed by atoms with E-state index in [-0.39, 0.29) is 5.91 Å². The Kier molecular flexibility index (Phi) is 4.76. The molecule has 1 N–H and O–H groups in total. The Morgan fingerprint density at radius 2 is 2.13 bits per heavy atom. The van der Waals surface area contributed by atoms with Crippen LogP contribution in [0.4, 0.5) is 5.69 Å². The Morgan fingerprint density at radius 1 is 1.30 bits per heavy atom. The largest absolute Gasteiger partial charge is 0.382 e. The Bertz CT molecular complexity index is 758. The molecule has 0 fully saturated rings. The lowest BCUT2D eigenvalue weighted by Crippen LogP contribution is -2.28. The van der Waals surface area contributed by atoms with Gasteiger partial charge in [0.1, 0.15) is 0 Å². The second-order valence-corrected chi connectivity index (χ2v) is 6.26. The third-order valence-corrected chi connectivity index (χ3v) is 4.27. The molecule has 2 aromatic carbocycles.